The number of rotatable bonds is 4. The van der Waals surface area contributed by atoms with Gasteiger partial charge in [0.25, 0.3) is 0 Å². The standard InChI is InChI=1S/C18H26ClNO/c1-3-20-17(15-6-5-13(2)11-16(15)19)14-7-10-21-18(12-14)8-4-9-18/h5-6,11,14,17,20H,3-4,7-10,12H2,1-2H3. The van der Waals surface area contributed by atoms with Gasteiger partial charge < -0.3 is 10.1 Å². The maximum Gasteiger partial charge on any atom is 0.0686 e. The number of aryl methyl sites for hydroxylation is 1. The molecule has 1 heterocycles. The predicted octanol–water partition coefficient (Wildman–Crippen LogP) is 4.65. The van der Waals surface area contributed by atoms with Gasteiger partial charge in [0.1, 0.15) is 0 Å². The van der Waals surface area contributed by atoms with E-state index >= 15 is 0 Å². The largest absolute Gasteiger partial charge is 0.375 e. The zero-order valence-electron chi connectivity index (χ0n) is 13.1. The molecule has 1 saturated carbocycles. The molecular weight excluding hydrogens is 282 g/mol. The van der Waals surface area contributed by atoms with Crippen molar-refractivity contribution in [3.63, 3.8) is 0 Å². The number of ether oxygens (including phenoxy) is 1. The molecule has 1 N–H and O–H groups in total. The Morgan fingerprint density at radius 1 is 1.43 bits per heavy atom. The maximum atomic E-state index is 6.53. The van der Waals surface area contributed by atoms with E-state index in [2.05, 4.69) is 37.4 Å². The Labute approximate surface area is 133 Å². The van der Waals surface area contributed by atoms with Crippen LogP contribution < -0.4 is 5.32 Å². The Kier molecular flexibility index (Phi) is 4.58. The lowest BCUT2D eigenvalue weighted by Crippen LogP contribution is -2.48. The summed E-state index contributed by atoms with van der Waals surface area (Å²) in [6.07, 6.45) is 6.11. The summed E-state index contributed by atoms with van der Waals surface area (Å²) in [6.45, 7) is 6.14. The van der Waals surface area contributed by atoms with Crippen molar-refractivity contribution in [2.24, 2.45) is 5.92 Å². The molecule has 0 bridgehead atoms. The summed E-state index contributed by atoms with van der Waals surface area (Å²) in [4.78, 5) is 0. The van der Waals surface area contributed by atoms with Crippen LogP contribution in [-0.2, 0) is 4.74 Å². The minimum atomic E-state index is 0.188. The molecule has 1 aromatic rings. The van der Waals surface area contributed by atoms with Crippen LogP contribution in [0.25, 0.3) is 0 Å². The third kappa shape index (κ3) is 3.13. The molecule has 2 aliphatic rings. The molecule has 21 heavy (non-hydrogen) atoms. The molecule has 3 rings (SSSR count). The van der Waals surface area contributed by atoms with Crippen LogP contribution in [0, 0.1) is 12.8 Å². The van der Waals surface area contributed by atoms with E-state index in [4.69, 9.17) is 16.3 Å². The van der Waals surface area contributed by atoms with Crippen LogP contribution in [0.15, 0.2) is 18.2 Å². The molecule has 3 heteroatoms. The zero-order chi connectivity index (χ0) is 14.9. The van der Waals surface area contributed by atoms with Gasteiger partial charge in [-0.25, -0.2) is 0 Å². The first kappa shape index (κ1) is 15.3. The summed E-state index contributed by atoms with van der Waals surface area (Å²) in [5.41, 5.74) is 2.67. The average molecular weight is 308 g/mol. The topological polar surface area (TPSA) is 21.3 Å². The summed E-state index contributed by atoms with van der Waals surface area (Å²) < 4.78 is 6.08. The summed E-state index contributed by atoms with van der Waals surface area (Å²) in [5, 5.41) is 4.57. The second-order valence-corrected chi connectivity index (χ2v) is 7.11. The van der Waals surface area contributed by atoms with Crippen molar-refractivity contribution >= 4 is 11.6 Å². The molecule has 2 fully saturated rings. The average Bonchev–Trinajstić information content (AvgIpc) is 2.44. The van der Waals surface area contributed by atoms with Crippen molar-refractivity contribution in [1.29, 1.82) is 0 Å². The normalized spacial score (nSPS) is 25.6. The van der Waals surface area contributed by atoms with E-state index < -0.39 is 0 Å². The van der Waals surface area contributed by atoms with Gasteiger partial charge in [-0.1, -0.05) is 30.7 Å². The van der Waals surface area contributed by atoms with E-state index in [-0.39, 0.29) is 5.60 Å². The molecule has 1 spiro atoms. The molecule has 0 amide bonds. The number of halogens is 1. The molecule has 1 saturated heterocycles. The number of hydrogen-bond donors (Lipinski definition) is 1. The van der Waals surface area contributed by atoms with E-state index in [1.54, 1.807) is 0 Å². The second kappa shape index (κ2) is 6.28. The lowest BCUT2D eigenvalue weighted by molar-refractivity contribution is -0.147. The number of hydrogen-bond acceptors (Lipinski definition) is 2. The van der Waals surface area contributed by atoms with Gasteiger partial charge in [0, 0.05) is 17.7 Å². The molecule has 1 aliphatic carbocycles. The lowest BCUT2D eigenvalue weighted by Gasteiger charge is -2.49. The van der Waals surface area contributed by atoms with E-state index in [0.29, 0.717) is 12.0 Å². The molecular formula is C18H26ClNO. The Hall–Kier alpha value is -0.570. The van der Waals surface area contributed by atoms with Gasteiger partial charge in [0.15, 0.2) is 0 Å². The van der Waals surface area contributed by atoms with Gasteiger partial charge >= 0.3 is 0 Å². The molecule has 2 atom stereocenters. The van der Waals surface area contributed by atoms with E-state index in [1.165, 1.54) is 36.8 Å². The van der Waals surface area contributed by atoms with Crippen molar-refractivity contribution in [2.75, 3.05) is 13.2 Å². The third-order valence-electron chi connectivity index (χ3n) is 5.18. The van der Waals surface area contributed by atoms with Gasteiger partial charge in [-0.15, -0.1) is 0 Å². The molecule has 2 nitrogen and oxygen atoms in total. The fraction of sp³-hybridized carbons (Fsp3) is 0.667. The Bertz CT molecular complexity index is 498. The minimum absolute atomic E-state index is 0.188. The van der Waals surface area contributed by atoms with Gasteiger partial charge in [0.2, 0.25) is 0 Å². The van der Waals surface area contributed by atoms with Gasteiger partial charge in [-0.05, 0) is 68.7 Å². The Morgan fingerprint density at radius 3 is 2.86 bits per heavy atom. The second-order valence-electron chi connectivity index (χ2n) is 6.70. The highest BCUT2D eigenvalue weighted by atomic mass is 35.5. The number of benzene rings is 1. The van der Waals surface area contributed by atoms with Crippen LogP contribution in [0.3, 0.4) is 0 Å². The van der Waals surface area contributed by atoms with Gasteiger partial charge in [0.05, 0.1) is 5.60 Å². The van der Waals surface area contributed by atoms with Gasteiger partial charge in [-0.3, -0.25) is 0 Å². The first-order valence-electron chi connectivity index (χ1n) is 8.27. The molecule has 1 aromatic carbocycles. The predicted molar refractivity (Wildman–Crippen MR) is 87.9 cm³/mol. The molecule has 1 aliphatic heterocycles. The molecule has 0 radical (unpaired) electrons. The first-order valence-corrected chi connectivity index (χ1v) is 8.65. The quantitative estimate of drug-likeness (QED) is 0.874. The Morgan fingerprint density at radius 2 is 2.24 bits per heavy atom. The monoisotopic (exact) mass is 307 g/mol. The van der Waals surface area contributed by atoms with E-state index in [0.717, 1.165) is 24.6 Å². The Balaban J connectivity index is 1.83. The van der Waals surface area contributed by atoms with Crippen molar-refractivity contribution in [3.05, 3.63) is 34.3 Å². The molecule has 116 valence electrons. The van der Waals surface area contributed by atoms with Crippen molar-refractivity contribution in [2.45, 2.75) is 57.6 Å². The summed E-state index contributed by atoms with van der Waals surface area (Å²) in [5.74, 6) is 0.624. The first-order chi connectivity index (χ1) is 10.1. The van der Waals surface area contributed by atoms with Crippen LogP contribution in [0.5, 0.6) is 0 Å². The van der Waals surface area contributed by atoms with E-state index in [9.17, 15) is 0 Å². The molecule has 2 unspecified atom stereocenters. The summed E-state index contributed by atoms with van der Waals surface area (Å²) in [7, 11) is 0. The smallest absolute Gasteiger partial charge is 0.0686 e. The fourth-order valence-electron chi connectivity index (χ4n) is 3.90. The lowest BCUT2D eigenvalue weighted by atomic mass is 9.69. The highest BCUT2D eigenvalue weighted by molar-refractivity contribution is 6.31. The zero-order valence-corrected chi connectivity index (χ0v) is 13.9. The molecule has 0 aromatic heterocycles. The summed E-state index contributed by atoms with van der Waals surface area (Å²) >= 11 is 6.53. The minimum Gasteiger partial charge on any atom is -0.375 e. The summed E-state index contributed by atoms with van der Waals surface area (Å²) in [6, 6.07) is 6.81. The van der Waals surface area contributed by atoms with Crippen LogP contribution >= 0.6 is 11.6 Å². The maximum absolute atomic E-state index is 6.53. The highest BCUT2D eigenvalue weighted by Crippen LogP contribution is 2.47. The van der Waals surface area contributed by atoms with Crippen molar-refractivity contribution < 1.29 is 4.74 Å². The van der Waals surface area contributed by atoms with Crippen LogP contribution in [-0.4, -0.2) is 18.8 Å². The van der Waals surface area contributed by atoms with Crippen molar-refractivity contribution in [3.8, 4) is 0 Å². The fourth-order valence-corrected chi connectivity index (χ4v) is 4.26. The highest BCUT2D eigenvalue weighted by Gasteiger charge is 2.44. The van der Waals surface area contributed by atoms with Crippen LogP contribution in [0.2, 0.25) is 5.02 Å². The SMILES string of the molecule is CCNC(c1ccc(C)cc1Cl)C1CCOC2(CCC2)C1. The van der Waals surface area contributed by atoms with Crippen LogP contribution in [0.1, 0.15) is 56.2 Å². The third-order valence-corrected chi connectivity index (χ3v) is 5.51. The van der Waals surface area contributed by atoms with Crippen LogP contribution in [0.4, 0.5) is 0 Å². The van der Waals surface area contributed by atoms with Crippen molar-refractivity contribution in [1.82, 2.24) is 5.32 Å². The number of nitrogens with one attached hydrogen (secondary N) is 1. The van der Waals surface area contributed by atoms with E-state index in [1.807, 2.05) is 0 Å². The van der Waals surface area contributed by atoms with Gasteiger partial charge in [-0.2, -0.15) is 0 Å².